The first kappa shape index (κ1) is 24.7. The molecule has 4 rings (SSSR count). The van der Waals surface area contributed by atoms with E-state index >= 15 is 0 Å². The van der Waals surface area contributed by atoms with Crippen LogP contribution >= 0.6 is 23.2 Å². The number of sulfonamides is 1. The Morgan fingerprint density at radius 2 is 1.82 bits per heavy atom. The Hall–Kier alpha value is -2.43. The van der Waals surface area contributed by atoms with Crippen LogP contribution in [0.5, 0.6) is 0 Å². The molecule has 2 aromatic carbocycles. The zero-order valence-corrected chi connectivity index (χ0v) is 20.7. The molecule has 1 amide bonds. The highest BCUT2D eigenvalue weighted by Gasteiger charge is 2.34. The molecule has 1 aromatic heterocycles. The van der Waals surface area contributed by atoms with Gasteiger partial charge in [0, 0.05) is 48.4 Å². The van der Waals surface area contributed by atoms with Gasteiger partial charge in [0.25, 0.3) is 5.91 Å². The minimum Gasteiger partial charge on any atom is -0.352 e. The molecular formula is C23H25Cl2N5O3S. The van der Waals surface area contributed by atoms with E-state index in [4.69, 9.17) is 28.9 Å². The molecule has 11 heteroatoms. The molecule has 0 spiro atoms. The standard InChI is InChI=1S/C23H25Cl2N5O3S/c24-18-4-3-5-19(25)22(18)34(32,33)30-13-10-20-17(14-30)21(29-28-20)15-6-8-16(9-7-15)23(31)27-12-2-1-11-26/h3-9H,1-2,10-14,26H2,(H,27,31)(H,28,29). The second kappa shape index (κ2) is 10.5. The Labute approximate surface area is 208 Å². The van der Waals surface area contributed by atoms with Gasteiger partial charge in [-0.2, -0.15) is 9.40 Å². The number of halogens is 2. The Balaban J connectivity index is 1.54. The summed E-state index contributed by atoms with van der Waals surface area (Å²) >= 11 is 12.4. The van der Waals surface area contributed by atoms with Crippen LogP contribution in [0.25, 0.3) is 11.3 Å². The summed E-state index contributed by atoms with van der Waals surface area (Å²) in [6, 6.07) is 11.7. The number of rotatable bonds is 8. The van der Waals surface area contributed by atoms with Crippen molar-refractivity contribution in [3.63, 3.8) is 0 Å². The van der Waals surface area contributed by atoms with E-state index in [1.807, 2.05) is 12.1 Å². The normalized spacial score (nSPS) is 14.1. The summed E-state index contributed by atoms with van der Waals surface area (Å²) in [7, 11) is -3.91. The van der Waals surface area contributed by atoms with E-state index in [0.717, 1.165) is 29.7 Å². The summed E-state index contributed by atoms with van der Waals surface area (Å²) in [6.45, 7) is 1.59. The number of aromatic nitrogens is 2. The lowest BCUT2D eigenvalue weighted by atomic mass is 10.0. The molecule has 1 aliphatic heterocycles. The van der Waals surface area contributed by atoms with Crippen molar-refractivity contribution in [1.29, 1.82) is 0 Å². The maximum Gasteiger partial charge on any atom is 0.251 e. The third kappa shape index (κ3) is 4.99. The van der Waals surface area contributed by atoms with Gasteiger partial charge in [0.2, 0.25) is 10.0 Å². The number of H-pyrrole nitrogens is 1. The summed E-state index contributed by atoms with van der Waals surface area (Å²) in [5.74, 6) is -0.151. The predicted octanol–water partition coefficient (Wildman–Crippen LogP) is 3.60. The number of hydrogen-bond donors (Lipinski definition) is 3. The zero-order chi connectivity index (χ0) is 24.3. The topological polar surface area (TPSA) is 121 Å². The van der Waals surface area contributed by atoms with Gasteiger partial charge in [0.05, 0.1) is 15.7 Å². The van der Waals surface area contributed by atoms with Crippen LogP contribution in [-0.2, 0) is 23.0 Å². The predicted molar refractivity (Wildman–Crippen MR) is 132 cm³/mol. The van der Waals surface area contributed by atoms with Crippen molar-refractivity contribution in [3.05, 3.63) is 69.3 Å². The van der Waals surface area contributed by atoms with Crippen molar-refractivity contribution in [3.8, 4) is 11.3 Å². The highest BCUT2D eigenvalue weighted by atomic mass is 35.5. The lowest BCUT2D eigenvalue weighted by Crippen LogP contribution is -2.36. The number of fused-ring (bicyclic) bond motifs is 1. The number of hydrogen-bond acceptors (Lipinski definition) is 5. The van der Waals surface area contributed by atoms with Gasteiger partial charge in [-0.25, -0.2) is 8.42 Å². The van der Waals surface area contributed by atoms with Crippen molar-refractivity contribution in [2.75, 3.05) is 19.6 Å². The average Bonchev–Trinajstić information content (AvgIpc) is 3.25. The van der Waals surface area contributed by atoms with Crippen molar-refractivity contribution in [1.82, 2.24) is 19.8 Å². The van der Waals surface area contributed by atoms with E-state index in [1.165, 1.54) is 16.4 Å². The van der Waals surface area contributed by atoms with Gasteiger partial charge in [-0.1, -0.05) is 41.4 Å². The monoisotopic (exact) mass is 521 g/mol. The number of nitrogens with one attached hydrogen (secondary N) is 2. The lowest BCUT2D eigenvalue weighted by Gasteiger charge is -2.27. The van der Waals surface area contributed by atoms with E-state index in [1.54, 1.807) is 18.2 Å². The minimum atomic E-state index is -3.91. The molecule has 0 radical (unpaired) electrons. The number of nitrogens with two attached hydrogens (primary N) is 1. The van der Waals surface area contributed by atoms with E-state index in [-0.39, 0.29) is 33.9 Å². The number of carbonyl (C=O) groups excluding carboxylic acids is 1. The van der Waals surface area contributed by atoms with E-state index in [2.05, 4.69) is 15.5 Å². The van der Waals surface area contributed by atoms with Crippen LogP contribution < -0.4 is 11.1 Å². The first-order chi connectivity index (χ1) is 16.3. The molecule has 0 aliphatic carbocycles. The molecule has 8 nitrogen and oxygen atoms in total. The number of aromatic amines is 1. The van der Waals surface area contributed by atoms with Crippen molar-refractivity contribution in [2.24, 2.45) is 5.73 Å². The van der Waals surface area contributed by atoms with E-state index in [0.29, 0.717) is 30.8 Å². The quantitative estimate of drug-likeness (QED) is 0.391. The Bertz CT molecular complexity index is 1270. The molecule has 34 heavy (non-hydrogen) atoms. The molecule has 4 N–H and O–H groups in total. The molecular weight excluding hydrogens is 497 g/mol. The summed E-state index contributed by atoms with van der Waals surface area (Å²) in [5, 5.41) is 10.5. The van der Waals surface area contributed by atoms with Gasteiger partial charge in [-0.15, -0.1) is 0 Å². The van der Waals surface area contributed by atoms with Crippen LogP contribution in [0.15, 0.2) is 47.4 Å². The number of benzene rings is 2. The fourth-order valence-electron chi connectivity index (χ4n) is 3.93. The van der Waals surface area contributed by atoms with E-state index in [9.17, 15) is 13.2 Å². The van der Waals surface area contributed by atoms with Crippen LogP contribution in [0.4, 0.5) is 0 Å². The van der Waals surface area contributed by atoms with Crippen molar-refractivity contribution < 1.29 is 13.2 Å². The number of amides is 1. The smallest absolute Gasteiger partial charge is 0.251 e. The molecule has 1 aliphatic rings. The fourth-order valence-corrected chi connectivity index (χ4v) is 6.43. The maximum atomic E-state index is 13.3. The number of carbonyl (C=O) groups is 1. The second-order valence-electron chi connectivity index (χ2n) is 8.00. The van der Waals surface area contributed by atoms with Crippen LogP contribution in [0, 0.1) is 0 Å². The minimum absolute atomic E-state index is 0.0857. The summed E-state index contributed by atoms with van der Waals surface area (Å²) in [5.41, 5.74) is 9.12. The van der Waals surface area contributed by atoms with Crippen molar-refractivity contribution >= 4 is 39.1 Å². The molecule has 0 unspecified atom stereocenters. The zero-order valence-electron chi connectivity index (χ0n) is 18.4. The molecule has 0 fully saturated rings. The van der Waals surface area contributed by atoms with Crippen molar-refractivity contribution in [2.45, 2.75) is 30.7 Å². The Kier molecular flexibility index (Phi) is 7.59. The molecule has 0 saturated heterocycles. The third-order valence-corrected chi connectivity index (χ3v) is 8.55. The van der Waals surface area contributed by atoms with Crippen LogP contribution in [0.1, 0.15) is 34.5 Å². The average molecular weight is 522 g/mol. The maximum absolute atomic E-state index is 13.3. The lowest BCUT2D eigenvalue weighted by molar-refractivity contribution is 0.0953. The fraction of sp³-hybridized carbons (Fsp3) is 0.304. The van der Waals surface area contributed by atoms with Gasteiger partial charge < -0.3 is 11.1 Å². The highest BCUT2D eigenvalue weighted by Crippen LogP contribution is 2.35. The van der Waals surface area contributed by atoms with Gasteiger partial charge in [0.15, 0.2) is 0 Å². The molecule has 0 bridgehead atoms. The summed E-state index contributed by atoms with van der Waals surface area (Å²) in [6.07, 6.45) is 2.17. The first-order valence-corrected chi connectivity index (χ1v) is 13.1. The Morgan fingerprint density at radius 3 is 2.50 bits per heavy atom. The second-order valence-corrected chi connectivity index (χ2v) is 10.7. The van der Waals surface area contributed by atoms with E-state index < -0.39 is 10.0 Å². The highest BCUT2D eigenvalue weighted by molar-refractivity contribution is 7.89. The van der Waals surface area contributed by atoms with Gasteiger partial charge in [-0.3, -0.25) is 9.89 Å². The van der Waals surface area contributed by atoms with Crippen LogP contribution in [0.2, 0.25) is 10.0 Å². The van der Waals surface area contributed by atoms with Gasteiger partial charge in [0.1, 0.15) is 4.90 Å². The molecule has 180 valence electrons. The molecule has 2 heterocycles. The third-order valence-electron chi connectivity index (χ3n) is 5.75. The Morgan fingerprint density at radius 1 is 1.12 bits per heavy atom. The first-order valence-electron chi connectivity index (χ1n) is 10.9. The van der Waals surface area contributed by atoms with Gasteiger partial charge >= 0.3 is 0 Å². The van der Waals surface area contributed by atoms with Crippen LogP contribution in [0.3, 0.4) is 0 Å². The molecule has 0 atom stereocenters. The summed E-state index contributed by atoms with van der Waals surface area (Å²) < 4.78 is 28.0. The molecule has 3 aromatic rings. The number of nitrogens with zero attached hydrogens (tertiary/aromatic N) is 2. The SMILES string of the molecule is NCCCCNC(=O)c1ccc(-c2n[nH]c3c2CN(S(=O)(=O)c2c(Cl)cccc2Cl)CC3)cc1. The van der Waals surface area contributed by atoms with Gasteiger partial charge in [-0.05, 0) is 43.7 Å². The summed E-state index contributed by atoms with van der Waals surface area (Å²) in [4.78, 5) is 12.2. The van der Waals surface area contributed by atoms with Crippen LogP contribution in [-0.4, -0.2) is 48.5 Å². The molecule has 0 saturated carbocycles. The number of unbranched alkanes of at least 4 members (excludes halogenated alkanes) is 1. The largest absolute Gasteiger partial charge is 0.352 e.